The molecule has 0 bridgehead atoms. The van der Waals surface area contributed by atoms with Crippen LogP contribution in [0.3, 0.4) is 0 Å². The van der Waals surface area contributed by atoms with E-state index >= 15 is 0 Å². The quantitative estimate of drug-likeness (QED) is 0.921. The first-order valence-electron chi connectivity index (χ1n) is 7.19. The molecule has 1 aliphatic rings. The highest BCUT2D eigenvalue weighted by Gasteiger charge is 2.23. The molecule has 4 heteroatoms. The van der Waals surface area contributed by atoms with E-state index in [1.54, 1.807) is 0 Å². The molecule has 1 saturated heterocycles. The SMILES string of the molecule is Cc1ccc(C)c(NC(=O)CN2C[C@@H](C)O[C@@H](C)C2)c1. The van der Waals surface area contributed by atoms with Crippen LogP contribution in [0.25, 0.3) is 0 Å². The molecule has 1 fully saturated rings. The van der Waals surface area contributed by atoms with Gasteiger partial charge in [-0.1, -0.05) is 12.1 Å². The lowest BCUT2D eigenvalue weighted by Gasteiger charge is -2.34. The average Bonchev–Trinajstić information content (AvgIpc) is 2.32. The summed E-state index contributed by atoms with van der Waals surface area (Å²) in [4.78, 5) is 14.3. The van der Waals surface area contributed by atoms with Gasteiger partial charge in [0.25, 0.3) is 0 Å². The van der Waals surface area contributed by atoms with Crippen LogP contribution >= 0.6 is 0 Å². The van der Waals surface area contributed by atoms with E-state index in [1.165, 1.54) is 0 Å². The molecule has 0 unspecified atom stereocenters. The second-order valence-electron chi connectivity index (χ2n) is 5.82. The molecule has 0 aromatic heterocycles. The Balaban J connectivity index is 1.93. The largest absolute Gasteiger partial charge is 0.373 e. The van der Waals surface area contributed by atoms with Gasteiger partial charge in [-0.05, 0) is 44.9 Å². The molecule has 1 amide bonds. The lowest BCUT2D eigenvalue weighted by molar-refractivity contribution is -0.121. The Morgan fingerprint density at radius 1 is 1.30 bits per heavy atom. The van der Waals surface area contributed by atoms with Gasteiger partial charge >= 0.3 is 0 Å². The van der Waals surface area contributed by atoms with Crippen LogP contribution in [0.5, 0.6) is 0 Å². The molecule has 1 aromatic carbocycles. The molecule has 4 nitrogen and oxygen atoms in total. The minimum atomic E-state index is 0.0417. The highest BCUT2D eigenvalue weighted by molar-refractivity contribution is 5.93. The van der Waals surface area contributed by atoms with Gasteiger partial charge in [0.15, 0.2) is 0 Å². The molecule has 110 valence electrons. The number of amides is 1. The van der Waals surface area contributed by atoms with E-state index in [1.807, 2.05) is 39.8 Å². The summed E-state index contributed by atoms with van der Waals surface area (Å²) >= 11 is 0. The fourth-order valence-corrected chi connectivity index (χ4v) is 2.68. The summed E-state index contributed by atoms with van der Waals surface area (Å²) in [6, 6.07) is 6.10. The predicted octanol–water partition coefficient (Wildman–Crippen LogP) is 2.35. The number of aryl methyl sites for hydroxylation is 2. The van der Waals surface area contributed by atoms with Gasteiger partial charge in [-0.15, -0.1) is 0 Å². The van der Waals surface area contributed by atoms with Gasteiger partial charge in [-0.2, -0.15) is 0 Å². The smallest absolute Gasteiger partial charge is 0.238 e. The van der Waals surface area contributed by atoms with Gasteiger partial charge in [0.2, 0.25) is 5.91 Å². The third-order valence-electron chi connectivity index (χ3n) is 3.53. The number of carbonyl (C=O) groups excluding carboxylic acids is 1. The number of nitrogens with zero attached hydrogens (tertiary/aromatic N) is 1. The average molecular weight is 276 g/mol. The Labute approximate surface area is 121 Å². The van der Waals surface area contributed by atoms with Crippen LogP contribution in [0.2, 0.25) is 0 Å². The standard InChI is InChI=1S/C16H24N2O2/c1-11-5-6-12(2)15(7-11)17-16(19)10-18-8-13(3)20-14(4)9-18/h5-7,13-14H,8-10H2,1-4H3,(H,17,19)/t13-,14+. The lowest BCUT2D eigenvalue weighted by Crippen LogP contribution is -2.48. The van der Waals surface area contributed by atoms with Crippen molar-refractivity contribution in [3.05, 3.63) is 29.3 Å². The van der Waals surface area contributed by atoms with Crippen LogP contribution < -0.4 is 5.32 Å². The van der Waals surface area contributed by atoms with Gasteiger partial charge in [-0.3, -0.25) is 9.69 Å². The second-order valence-corrected chi connectivity index (χ2v) is 5.82. The van der Waals surface area contributed by atoms with E-state index in [0.29, 0.717) is 6.54 Å². The van der Waals surface area contributed by atoms with E-state index in [-0.39, 0.29) is 18.1 Å². The number of morpholine rings is 1. The summed E-state index contributed by atoms with van der Waals surface area (Å²) in [5.41, 5.74) is 3.15. The first kappa shape index (κ1) is 15.0. The summed E-state index contributed by atoms with van der Waals surface area (Å²) in [6.45, 7) is 10.2. The number of benzene rings is 1. The summed E-state index contributed by atoms with van der Waals surface area (Å²) in [5.74, 6) is 0.0417. The van der Waals surface area contributed by atoms with E-state index < -0.39 is 0 Å². The van der Waals surface area contributed by atoms with Crippen molar-refractivity contribution in [1.82, 2.24) is 4.90 Å². The van der Waals surface area contributed by atoms with Crippen LogP contribution in [-0.4, -0.2) is 42.6 Å². The third kappa shape index (κ3) is 4.05. The summed E-state index contributed by atoms with van der Waals surface area (Å²) < 4.78 is 5.68. The van der Waals surface area contributed by atoms with Crippen molar-refractivity contribution in [2.75, 3.05) is 25.0 Å². The van der Waals surface area contributed by atoms with Crippen molar-refractivity contribution in [2.45, 2.75) is 39.9 Å². The minimum Gasteiger partial charge on any atom is -0.373 e. The number of hydrogen-bond donors (Lipinski definition) is 1. The Morgan fingerprint density at radius 2 is 1.95 bits per heavy atom. The predicted molar refractivity (Wildman–Crippen MR) is 81.0 cm³/mol. The van der Waals surface area contributed by atoms with Crippen molar-refractivity contribution in [1.29, 1.82) is 0 Å². The molecule has 0 saturated carbocycles. The van der Waals surface area contributed by atoms with Crippen molar-refractivity contribution in [3.8, 4) is 0 Å². The van der Waals surface area contributed by atoms with Crippen LogP contribution in [0.15, 0.2) is 18.2 Å². The third-order valence-corrected chi connectivity index (χ3v) is 3.53. The van der Waals surface area contributed by atoms with Crippen molar-refractivity contribution in [3.63, 3.8) is 0 Å². The Bertz CT molecular complexity index is 477. The zero-order valence-corrected chi connectivity index (χ0v) is 12.8. The molecule has 2 atom stereocenters. The number of anilines is 1. The molecule has 2 rings (SSSR count). The molecular weight excluding hydrogens is 252 g/mol. The van der Waals surface area contributed by atoms with Gasteiger partial charge < -0.3 is 10.1 Å². The van der Waals surface area contributed by atoms with Gasteiger partial charge in [0.05, 0.1) is 18.8 Å². The first-order chi connectivity index (χ1) is 9.44. The van der Waals surface area contributed by atoms with E-state index in [9.17, 15) is 4.79 Å². The Hall–Kier alpha value is -1.39. The van der Waals surface area contributed by atoms with Crippen LogP contribution in [0.4, 0.5) is 5.69 Å². The maximum Gasteiger partial charge on any atom is 0.238 e. The number of carbonyl (C=O) groups is 1. The lowest BCUT2D eigenvalue weighted by atomic mass is 10.1. The highest BCUT2D eigenvalue weighted by Crippen LogP contribution is 2.16. The van der Waals surface area contributed by atoms with Crippen LogP contribution in [0.1, 0.15) is 25.0 Å². The van der Waals surface area contributed by atoms with Gasteiger partial charge in [0.1, 0.15) is 0 Å². The van der Waals surface area contributed by atoms with Gasteiger partial charge in [0, 0.05) is 18.8 Å². The maximum absolute atomic E-state index is 12.2. The normalized spacial score (nSPS) is 23.6. The summed E-state index contributed by atoms with van der Waals surface area (Å²) in [7, 11) is 0. The Morgan fingerprint density at radius 3 is 2.60 bits per heavy atom. The number of rotatable bonds is 3. The molecule has 0 spiro atoms. The first-order valence-corrected chi connectivity index (χ1v) is 7.19. The van der Waals surface area contributed by atoms with Crippen molar-refractivity contribution < 1.29 is 9.53 Å². The molecule has 0 radical (unpaired) electrons. The minimum absolute atomic E-state index is 0.0417. The molecular formula is C16H24N2O2. The zero-order valence-electron chi connectivity index (χ0n) is 12.8. The highest BCUT2D eigenvalue weighted by atomic mass is 16.5. The van der Waals surface area contributed by atoms with E-state index in [0.717, 1.165) is 29.9 Å². The van der Waals surface area contributed by atoms with Gasteiger partial charge in [-0.25, -0.2) is 0 Å². The van der Waals surface area contributed by atoms with E-state index in [4.69, 9.17) is 4.74 Å². The van der Waals surface area contributed by atoms with Crippen LogP contribution in [0, 0.1) is 13.8 Å². The monoisotopic (exact) mass is 276 g/mol. The number of ether oxygens (including phenoxy) is 1. The van der Waals surface area contributed by atoms with Crippen LogP contribution in [-0.2, 0) is 9.53 Å². The van der Waals surface area contributed by atoms with Crippen molar-refractivity contribution >= 4 is 11.6 Å². The maximum atomic E-state index is 12.2. The molecule has 1 aromatic rings. The summed E-state index contributed by atoms with van der Waals surface area (Å²) in [6.07, 6.45) is 0.375. The molecule has 1 N–H and O–H groups in total. The topological polar surface area (TPSA) is 41.6 Å². The number of nitrogens with one attached hydrogen (secondary N) is 1. The molecule has 1 aliphatic heterocycles. The Kier molecular flexibility index (Phi) is 4.78. The second kappa shape index (κ2) is 6.37. The molecule has 1 heterocycles. The molecule has 0 aliphatic carbocycles. The zero-order chi connectivity index (χ0) is 14.7. The fourth-order valence-electron chi connectivity index (χ4n) is 2.68. The van der Waals surface area contributed by atoms with Crippen molar-refractivity contribution in [2.24, 2.45) is 0 Å². The number of hydrogen-bond acceptors (Lipinski definition) is 3. The fraction of sp³-hybridized carbons (Fsp3) is 0.562. The molecule has 20 heavy (non-hydrogen) atoms. The summed E-state index contributed by atoms with van der Waals surface area (Å²) in [5, 5.41) is 3.01. The van der Waals surface area contributed by atoms with E-state index in [2.05, 4.69) is 16.3 Å².